The topological polar surface area (TPSA) is 17.1 Å². The van der Waals surface area contributed by atoms with Crippen molar-refractivity contribution in [3.8, 4) is 0 Å². The Morgan fingerprint density at radius 2 is 1.90 bits per heavy atom. The zero-order valence-electron chi connectivity index (χ0n) is 5.71. The number of benzene rings is 1. The van der Waals surface area contributed by atoms with Crippen molar-refractivity contribution in [2.45, 2.75) is 12.8 Å². The van der Waals surface area contributed by atoms with Crippen LogP contribution in [0.3, 0.4) is 0 Å². The SMILES string of the molecule is O=[C]CCc1ccccc1. The number of hydrogen-bond donors (Lipinski definition) is 0. The lowest BCUT2D eigenvalue weighted by molar-refractivity contribution is 0.551. The molecule has 0 saturated carbocycles. The van der Waals surface area contributed by atoms with E-state index in [4.69, 9.17) is 0 Å². The number of carbonyl (C=O) groups excluding carboxylic acids is 1. The van der Waals surface area contributed by atoms with Gasteiger partial charge in [-0.05, 0) is 12.0 Å². The molecule has 0 N–H and O–H groups in total. The molecule has 0 unspecified atom stereocenters. The van der Waals surface area contributed by atoms with Gasteiger partial charge in [0.25, 0.3) is 0 Å². The van der Waals surface area contributed by atoms with Crippen molar-refractivity contribution in [3.63, 3.8) is 0 Å². The summed E-state index contributed by atoms with van der Waals surface area (Å²) in [5, 5.41) is 0. The fourth-order valence-electron chi connectivity index (χ4n) is 0.840. The number of hydrogen-bond acceptors (Lipinski definition) is 1. The van der Waals surface area contributed by atoms with Gasteiger partial charge in [0.1, 0.15) is 0 Å². The first kappa shape index (κ1) is 7.00. The van der Waals surface area contributed by atoms with E-state index in [1.807, 2.05) is 36.6 Å². The Hall–Kier alpha value is -1.11. The van der Waals surface area contributed by atoms with Crippen LogP contribution in [0, 0.1) is 0 Å². The molecule has 1 heteroatoms. The molecule has 10 heavy (non-hydrogen) atoms. The Kier molecular flexibility index (Phi) is 2.68. The predicted octanol–water partition coefficient (Wildman–Crippen LogP) is 1.73. The van der Waals surface area contributed by atoms with E-state index in [1.54, 1.807) is 0 Å². The summed E-state index contributed by atoms with van der Waals surface area (Å²) in [5.41, 5.74) is 1.20. The first-order valence-electron chi connectivity index (χ1n) is 3.32. The largest absolute Gasteiger partial charge is 0.291 e. The van der Waals surface area contributed by atoms with Crippen LogP contribution in [0.4, 0.5) is 0 Å². The molecule has 0 bridgehead atoms. The van der Waals surface area contributed by atoms with Crippen LogP contribution < -0.4 is 0 Å². The molecule has 0 aromatic heterocycles. The molecule has 1 nitrogen and oxygen atoms in total. The maximum Gasteiger partial charge on any atom is 0.198 e. The average Bonchev–Trinajstić information content (AvgIpc) is 2.03. The van der Waals surface area contributed by atoms with Gasteiger partial charge in [-0.1, -0.05) is 30.3 Å². The Morgan fingerprint density at radius 3 is 2.50 bits per heavy atom. The summed E-state index contributed by atoms with van der Waals surface area (Å²) in [6.45, 7) is 0. The van der Waals surface area contributed by atoms with E-state index >= 15 is 0 Å². The van der Waals surface area contributed by atoms with Crippen molar-refractivity contribution >= 4 is 6.29 Å². The van der Waals surface area contributed by atoms with E-state index in [2.05, 4.69) is 0 Å². The van der Waals surface area contributed by atoms with E-state index in [1.165, 1.54) is 5.56 Å². The molecule has 0 aliphatic carbocycles. The molecule has 51 valence electrons. The van der Waals surface area contributed by atoms with Crippen LogP contribution >= 0.6 is 0 Å². The quantitative estimate of drug-likeness (QED) is 0.613. The van der Waals surface area contributed by atoms with Crippen LogP contribution in [0.15, 0.2) is 30.3 Å². The Labute approximate surface area is 60.7 Å². The summed E-state index contributed by atoms with van der Waals surface area (Å²) in [5.74, 6) is 0. The van der Waals surface area contributed by atoms with Crippen molar-refractivity contribution in [3.05, 3.63) is 35.9 Å². The Balaban J connectivity index is 2.50. The second-order valence-electron chi connectivity index (χ2n) is 2.13. The fraction of sp³-hybridized carbons (Fsp3) is 0.222. The van der Waals surface area contributed by atoms with Gasteiger partial charge in [-0.3, -0.25) is 4.79 Å². The van der Waals surface area contributed by atoms with Gasteiger partial charge in [0, 0.05) is 6.42 Å². The summed E-state index contributed by atoms with van der Waals surface area (Å²) >= 11 is 0. The maximum atomic E-state index is 9.85. The lowest BCUT2D eigenvalue weighted by Crippen LogP contribution is -1.83. The summed E-state index contributed by atoms with van der Waals surface area (Å²) < 4.78 is 0. The summed E-state index contributed by atoms with van der Waals surface area (Å²) in [4.78, 5) is 9.85. The summed E-state index contributed by atoms with van der Waals surface area (Å²) in [6, 6.07) is 9.93. The van der Waals surface area contributed by atoms with Gasteiger partial charge in [-0.25, -0.2) is 0 Å². The lowest BCUT2D eigenvalue weighted by atomic mass is 10.1. The minimum Gasteiger partial charge on any atom is -0.291 e. The van der Waals surface area contributed by atoms with Crippen LogP contribution in [0.25, 0.3) is 0 Å². The van der Waals surface area contributed by atoms with E-state index in [0.29, 0.717) is 6.42 Å². The van der Waals surface area contributed by atoms with Crippen molar-refractivity contribution in [2.24, 2.45) is 0 Å². The highest BCUT2D eigenvalue weighted by Gasteiger charge is 1.88. The predicted molar refractivity (Wildman–Crippen MR) is 40.5 cm³/mol. The molecule has 0 saturated heterocycles. The van der Waals surface area contributed by atoms with E-state index in [9.17, 15) is 4.79 Å². The molecule has 1 rings (SSSR count). The molecule has 0 atom stereocenters. The van der Waals surface area contributed by atoms with Gasteiger partial charge >= 0.3 is 0 Å². The van der Waals surface area contributed by atoms with Gasteiger partial charge in [-0.15, -0.1) is 0 Å². The molecule has 1 aromatic rings. The zero-order chi connectivity index (χ0) is 7.23. The summed E-state index contributed by atoms with van der Waals surface area (Å²) in [7, 11) is 0. The van der Waals surface area contributed by atoms with Crippen molar-refractivity contribution < 1.29 is 4.79 Å². The highest BCUT2D eigenvalue weighted by atomic mass is 16.1. The van der Waals surface area contributed by atoms with Crippen LogP contribution in [0.5, 0.6) is 0 Å². The monoisotopic (exact) mass is 133 g/mol. The molecule has 0 fully saturated rings. The third kappa shape index (κ3) is 2.02. The van der Waals surface area contributed by atoms with Crippen molar-refractivity contribution in [1.29, 1.82) is 0 Å². The van der Waals surface area contributed by atoms with E-state index in [-0.39, 0.29) is 0 Å². The van der Waals surface area contributed by atoms with Crippen molar-refractivity contribution in [1.82, 2.24) is 0 Å². The highest BCUT2D eigenvalue weighted by molar-refractivity contribution is 5.51. The lowest BCUT2D eigenvalue weighted by Gasteiger charge is -1.92. The number of aryl methyl sites for hydroxylation is 1. The minimum atomic E-state index is 0.504. The smallest absolute Gasteiger partial charge is 0.198 e. The fourth-order valence-corrected chi connectivity index (χ4v) is 0.840. The van der Waals surface area contributed by atoms with E-state index in [0.717, 1.165) is 6.42 Å². The van der Waals surface area contributed by atoms with Crippen LogP contribution in [-0.2, 0) is 11.2 Å². The van der Waals surface area contributed by atoms with Gasteiger partial charge in [0.05, 0.1) is 0 Å². The average molecular weight is 133 g/mol. The molecule has 0 heterocycles. The first-order chi connectivity index (χ1) is 4.93. The molecule has 1 aromatic carbocycles. The van der Waals surface area contributed by atoms with Crippen LogP contribution in [-0.4, -0.2) is 6.29 Å². The normalized spacial score (nSPS) is 9.20. The van der Waals surface area contributed by atoms with Gasteiger partial charge in [-0.2, -0.15) is 0 Å². The molecule has 1 radical (unpaired) electrons. The second kappa shape index (κ2) is 3.83. The highest BCUT2D eigenvalue weighted by Crippen LogP contribution is 2.00. The molecular formula is C9H9O. The van der Waals surface area contributed by atoms with Gasteiger partial charge in [0.2, 0.25) is 0 Å². The zero-order valence-corrected chi connectivity index (χ0v) is 5.71. The standard InChI is InChI=1S/C9H9O/c10-8-4-7-9-5-2-1-3-6-9/h1-3,5-6H,4,7H2. The molecule has 0 aliphatic heterocycles. The van der Waals surface area contributed by atoms with E-state index < -0.39 is 0 Å². The van der Waals surface area contributed by atoms with Gasteiger partial charge < -0.3 is 0 Å². The maximum absolute atomic E-state index is 9.85. The molecule has 0 spiro atoms. The molecule has 0 aliphatic rings. The molecule has 0 amide bonds. The molecular weight excluding hydrogens is 124 g/mol. The minimum absolute atomic E-state index is 0.504. The Morgan fingerprint density at radius 1 is 1.20 bits per heavy atom. The van der Waals surface area contributed by atoms with Crippen LogP contribution in [0.2, 0.25) is 0 Å². The summed E-state index contributed by atoms with van der Waals surface area (Å²) in [6.07, 6.45) is 3.18. The number of rotatable bonds is 3. The van der Waals surface area contributed by atoms with Crippen molar-refractivity contribution in [2.75, 3.05) is 0 Å². The third-order valence-corrected chi connectivity index (χ3v) is 1.36. The third-order valence-electron chi connectivity index (χ3n) is 1.36. The van der Waals surface area contributed by atoms with Crippen LogP contribution in [0.1, 0.15) is 12.0 Å². The second-order valence-corrected chi connectivity index (χ2v) is 2.13. The van der Waals surface area contributed by atoms with Gasteiger partial charge in [0.15, 0.2) is 6.29 Å². The first-order valence-corrected chi connectivity index (χ1v) is 3.32. The Bertz CT molecular complexity index is 191.